The molecule has 1 N–H and O–H groups in total. The Morgan fingerprint density at radius 3 is 2.75 bits per heavy atom. The number of hydrogen-bond donors (Lipinski definition) is 1. The van der Waals surface area contributed by atoms with Gasteiger partial charge < -0.3 is 14.4 Å². The summed E-state index contributed by atoms with van der Waals surface area (Å²) in [5.41, 5.74) is 1.44. The summed E-state index contributed by atoms with van der Waals surface area (Å²) in [4.78, 5) is 11.7. The SMILES string of the molecule is CCOC(=O)C(O)c1cn(C(C)C)c2cc(Cl)ccc12. The second-order valence-electron chi connectivity index (χ2n) is 4.90. The number of benzene rings is 1. The molecule has 1 aromatic carbocycles. The van der Waals surface area contributed by atoms with Gasteiger partial charge in [-0.25, -0.2) is 4.79 Å². The minimum Gasteiger partial charge on any atom is -0.464 e. The maximum atomic E-state index is 11.7. The predicted octanol–water partition coefficient (Wildman–Crippen LogP) is 3.47. The van der Waals surface area contributed by atoms with E-state index in [1.165, 1.54) is 0 Å². The lowest BCUT2D eigenvalue weighted by Gasteiger charge is -2.09. The number of aliphatic hydroxyl groups excluding tert-OH is 1. The number of esters is 1. The van der Waals surface area contributed by atoms with Crippen LogP contribution in [0.4, 0.5) is 0 Å². The number of rotatable bonds is 4. The lowest BCUT2D eigenvalue weighted by molar-refractivity contribution is -0.153. The Hall–Kier alpha value is -1.52. The average molecular weight is 296 g/mol. The molecule has 0 fully saturated rings. The van der Waals surface area contributed by atoms with Gasteiger partial charge in [-0.15, -0.1) is 0 Å². The molecule has 1 heterocycles. The number of halogens is 1. The molecule has 5 heteroatoms. The number of carbonyl (C=O) groups is 1. The molecule has 2 rings (SSSR count). The Kier molecular flexibility index (Phi) is 4.35. The van der Waals surface area contributed by atoms with Gasteiger partial charge in [0.05, 0.1) is 12.1 Å². The van der Waals surface area contributed by atoms with Crippen molar-refractivity contribution in [2.75, 3.05) is 6.61 Å². The first-order valence-corrected chi connectivity index (χ1v) is 6.98. The first-order chi connectivity index (χ1) is 9.45. The number of carbonyl (C=O) groups excluding carboxylic acids is 1. The fourth-order valence-corrected chi connectivity index (χ4v) is 2.41. The molecule has 0 saturated carbocycles. The summed E-state index contributed by atoms with van der Waals surface area (Å²) in [7, 11) is 0. The molecule has 108 valence electrons. The first kappa shape index (κ1) is 14.9. The normalized spacial score (nSPS) is 12.9. The molecule has 1 aromatic heterocycles. The van der Waals surface area contributed by atoms with Crippen molar-refractivity contribution >= 4 is 28.5 Å². The smallest absolute Gasteiger partial charge is 0.339 e. The molecule has 1 unspecified atom stereocenters. The molecule has 0 spiro atoms. The predicted molar refractivity (Wildman–Crippen MR) is 78.9 cm³/mol. The van der Waals surface area contributed by atoms with Gasteiger partial charge in [-0.1, -0.05) is 17.7 Å². The summed E-state index contributed by atoms with van der Waals surface area (Å²) in [6.45, 7) is 6.01. The summed E-state index contributed by atoms with van der Waals surface area (Å²) >= 11 is 6.03. The minimum absolute atomic E-state index is 0.194. The summed E-state index contributed by atoms with van der Waals surface area (Å²) in [6, 6.07) is 5.59. The van der Waals surface area contributed by atoms with Crippen molar-refractivity contribution in [1.82, 2.24) is 4.57 Å². The van der Waals surface area contributed by atoms with Crippen LogP contribution in [0.5, 0.6) is 0 Å². The number of ether oxygens (including phenoxy) is 1. The lowest BCUT2D eigenvalue weighted by Crippen LogP contribution is -2.15. The zero-order chi connectivity index (χ0) is 14.9. The van der Waals surface area contributed by atoms with Crippen LogP contribution in [0.1, 0.15) is 38.5 Å². The third-order valence-electron chi connectivity index (χ3n) is 3.19. The second kappa shape index (κ2) is 5.85. The summed E-state index contributed by atoms with van der Waals surface area (Å²) in [5, 5.41) is 11.6. The van der Waals surface area contributed by atoms with Crippen LogP contribution in [0.25, 0.3) is 10.9 Å². The van der Waals surface area contributed by atoms with Gasteiger partial charge in [-0.05, 0) is 32.9 Å². The monoisotopic (exact) mass is 295 g/mol. The van der Waals surface area contributed by atoms with Crippen LogP contribution in [-0.4, -0.2) is 22.2 Å². The van der Waals surface area contributed by atoms with Crippen LogP contribution in [0.3, 0.4) is 0 Å². The third-order valence-corrected chi connectivity index (χ3v) is 3.42. The van der Waals surface area contributed by atoms with E-state index in [4.69, 9.17) is 16.3 Å². The quantitative estimate of drug-likeness (QED) is 0.879. The fraction of sp³-hybridized carbons (Fsp3) is 0.400. The van der Waals surface area contributed by atoms with E-state index in [2.05, 4.69) is 0 Å². The summed E-state index contributed by atoms with van der Waals surface area (Å²) in [6.07, 6.45) is 0.506. The van der Waals surface area contributed by atoms with Crippen molar-refractivity contribution in [1.29, 1.82) is 0 Å². The van der Waals surface area contributed by atoms with Gasteiger partial charge in [0.1, 0.15) is 0 Å². The maximum Gasteiger partial charge on any atom is 0.339 e. The first-order valence-electron chi connectivity index (χ1n) is 6.60. The van der Waals surface area contributed by atoms with Gasteiger partial charge in [0, 0.05) is 28.2 Å². The van der Waals surface area contributed by atoms with E-state index < -0.39 is 12.1 Å². The molecule has 4 nitrogen and oxygen atoms in total. The Balaban J connectivity index is 2.56. The highest BCUT2D eigenvalue weighted by Gasteiger charge is 2.24. The van der Waals surface area contributed by atoms with Gasteiger partial charge in [-0.2, -0.15) is 0 Å². The van der Waals surface area contributed by atoms with Gasteiger partial charge in [0.2, 0.25) is 0 Å². The number of aliphatic hydroxyl groups is 1. The molecular formula is C15H18ClNO3. The second-order valence-corrected chi connectivity index (χ2v) is 5.34. The Bertz CT molecular complexity index is 633. The fourth-order valence-electron chi connectivity index (χ4n) is 2.24. The van der Waals surface area contributed by atoms with Gasteiger partial charge in [0.25, 0.3) is 0 Å². The molecule has 1 atom stereocenters. The molecule has 0 bridgehead atoms. The lowest BCUT2D eigenvalue weighted by atomic mass is 10.1. The van der Waals surface area contributed by atoms with Gasteiger partial charge >= 0.3 is 5.97 Å². The van der Waals surface area contributed by atoms with Crippen molar-refractivity contribution in [3.8, 4) is 0 Å². The average Bonchev–Trinajstić information content (AvgIpc) is 2.76. The number of hydrogen-bond acceptors (Lipinski definition) is 3. The topological polar surface area (TPSA) is 51.5 Å². The number of fused-ring (bicyclic) bond motifs is 1. The highest BCUT2D eigenvalue weighted by Crippen LogP contribution is 2.31. The molecule has 0 amide bonds. The van der Waals surface area contributed by atoms with Crippen LogP contribution in [0.15, 0.2) is 24.4 Å². The van der Waals surface area contributed by atoms with E-state index in [1.807, 2.05) is 30.5 Å². The summed E-state index contributed by atoms with van der Waals surface area (Å²) in [5.74, 6) is -0.634. The van der Waals surface area contributed by atoms with Crippen LogP contribution < -0.4 is 0 Å². The minimum atomic E-state index is -1.28. The molecule has 0 saturated heterocycles. The van der Waals surface area contributed by atoms with E-state index in [1.54, 1.807) is 19.2 Å². The van der Waals surface area contributed by atoms with Crippen LogP contribution in [0.2, 0.25) is 5.02 Å². The maximum absolute atomic E-state index is 11.7. The molecule has 0 aliphatic carbocycles. The molecule has 0 aliphatic rings. The molecular weight excluding hydrogens is 278 g/mol. The van der Waals surface area contributed by atoms with Crippen molar-refractivity contribution in [2.45, 2.75) is 32.9 Å². The van der Waals surface area contributed by atoms with Crippen molar-refractivity contribution < 1.29 is 14.6 Å². The zero-order valence-electron chi connectivity index (χ0n) is 11.8. The molecule has 20 heavy (non-hydrogen) atoms. The highest BCUT2D eigenvalue weighted by molar-refractivity contribution is 6.31. The highest BCUT2D eigenvalue weighted by atomic mass is 35.5. The van der Waals surface area contributed by atoms with Crippen molar-refractivity contribution in [3.05, 3.63) is 35.0 Å². The van der Waals surface area contributed by atoms with Crippen molar-refractivity contribution in [2.24, 2.45) is 0 Å². The largest absolute Gasteiger partial charge is 0.464 e. The van der Waals surface area contributed by atoms with Crippen LogP contribution >= 0.6 is 11.6 Å². The van der Waals surface area contributed by atoms with Crippen molar-refractivity contribution in [3.63, 3.8) is 0 Å². The van der Waals surface area contributed by atoms with Gasteiger partial charge in [-0.3, -0.25) is 0 Å². The van der Waals surface area contributed by atoms with Crippen LogP contribution in [0, 0.1) is 0 Å². The van der Waals surface area contributed by atoms with E-state index in [-0.39, 0.29) is 12.6 Å². The third kappa shape index (κ3) is 2.67. The molecule has 0 aliphatic heterocycles. The Labute approximate surface area is 122 Å². The standard InChI is InChI=1S/C15H18ClNO3/c1-4-20-15(19)14(18)12-8-17(9(2)3)13-7-10(16)5-6-11(12)13/h5-9,14,18H,4H2,1-3H3. The Morgan fingerprint density at radius 2 is 2.15 bits per heavy atom. The summed E-state index contributed by atoms with van der Waals surface area (Å²) < 4.78 is 6.86. The Morgan fingerprint density at radius 1 is 1.45 bits per heavy atom. The molecule has 2 aromatic rings. The van der Waals surface area contributed by atoms with Crippen LogP contribution in [-0.2, 0) is 9.53 Å². The number of aromatic nitrogens is 1. The zero-order valence-corrected chi connectivity index (χ0v) is 12.5. The molecule has 0 radical (unpaired) electrons. The van der Waals surface area contributed by atoms with E-state index in [0.29, 0.717) is 10.6 Å². The van der Waals surface area contributed by atoms with E-state index in [9.17, 15) is 9.90 Å². The van der Waals surface area contributed by atoms with E-state index >= 15 is 0 Å². The van der Waals surface area contributed by atoms with E-state index in [0.717, 1.165) is 10.9 Å². The van der Waals surface area contributed by atoms with Gasteiger partial charge in [0.15, 0.2) is 6.10 Å². The number of nitrogens with zero attached hydrogens (tertiary/aromatic N) is 1.